The Labute approximate surface area is 316 Å². The lowest BCUT2D eigenvalue weighted by Gasteiger charge is -2.36. The number of ether oxygens (including phenoxy) is 1. The second-order valence-electron chi connectivity index (χ2n) is 14.5. The molecular weight excluding hydrogens is 679 g/mol. The van der Waals surface area contributed by atoms with Gasteiger partial charge in [-0.2, -0.15) is 0 Å². The Morgan fingerprint density at radius 2 is 1.46 bits per heavy atom. The summed E-state index contributed by atoms with van der Waals surface area (Å²) in [4.78, 5) is 61.4. The van der Waals surface area contributed by atoms with Crippen LogP contribution in [0.5, 0.6) is 5.75 Å². The summed E-state index contributed by atoms with van der Waals surface area (Å²) in [7, 11) is 7.03. The van der Waals surface area contributed by atoms with Gasteiger partial charge in [-0.25, -0.2) is 4.79 Å². The molecule has 0 N–H and O–H groups in total. The standard InChI is InChI=1S/C44H45N5O5/c1-28-21-30-13-10-11-14-33(30)27-49(28)43(52)39-24-34-26-48(44(53)54-36-18-12-15-32(22-36)41(50)45(3)4)20-19-31(34)23-38(39)40-25-37(29(2)46(40)5)42(51)47(6)35-16-8-7-9-17-35/h7-18,22-25,28H,19-21,26-27H2,1-6H3/t28-/m1/s1. The van der Waals surface area contributed by atoms with Gasteiger partial charge in [-0.05, 0) is 97.5 Å². The van der Waals surface area contributed by atoms with E-state index >= 15 is 0 Å². The minimum Gasteiger partial charge on any atom is -0.410 e. The van der Waals surface area contributed by atoms with Crippen LogP contribution in [0.1, 0.15) is 65.9 Å². The van der Waals surface area contributed by atoms with Crippen LogP contribution in [-0.4, -0.2) is 76.8 Å². The van der Waals surface area contributed by atoms with Crippen molar-refractivity contribution in [3.63, 3.8) is 0 Å². The highest BCUT2D eigenvalue weighted by Crippen LogP contribution is 2.36. The van der Waals surface area contributed by atoms with E-state index in [0.717, 1.165) is 45.7 Å². The zero-order chi connectivity index (χ0) is 38.3. The molecule has 10 nitrogen and oxygen atoms in total. The number of benzene rings is 4. The number of para-hydroxylation sites is 1. The number of fused-ring (bicyclic) bond motifs is 2. The predicted molar refractivity (Wildman–Crippen MR) is 209 cm³/mol. The predicted octanol–water partition coefficient (Wildman–Crippen LogP) is 7.12. The summed E-state index contributed by atoms with van der Waals surface area (Å²) in [6, 6.07) is 30.2. The number of carbonyl (C=O) groups excluding carboxylic acids is 4. The molecule has 1 aromatic heterocycles. The van der Waals surface area contributed by atoms with Crippen LogP contribution in [0, 0.1) is 6.92 Å². The van der Waals surface area contributed by atoms with Crippen LogP contribution >= 0.6 is 0 Å². The lowest BCUT2D eigenvalue weighted by molar-refractivity contribution is 0.0658. The molecule has 4 aromatic carbocycles. The fourth-order valence-electron chi connectivity index (χ4n) is 7.50. The molecule has 0 fully saturated rings. The Hall–Kier alpha value is -6.16. The van der Waals surface area contributed by atoms with Gasteiger partial charge in [-0.1, -0.05) is 48.5 Å². The van der Waals surface area contributed by atoms with Crippen molar-refractivity contribution >= 4 is 29.5 Å². The summed E-state index contributed by atoms with van der Waals surface area (Å²) < 4.78 is 7.75. The number of nitrogens with zero attached hydrogens (tertiary/aromatic N) is 5. The zero-order valence-corrected chi connectivity index (χ0v) is 31.6. The van der Waals surface area contributed by atoms with Gasteiger partial charge in [0, 0.05) is 87.6 Å². The highest BCUT2D eigenvalue weighted by molar-refractivity contribution is 6.08. The van der Waals surface area contributed by atoms with Gasteiger partial charge in [-0.15, -0.1) is 0 Å². The molecule has 0 saturated heterocycles. The highest BCUT2D eigenvalue weighted by atomic mass is 16.6. The fraction of sp³-hybridized carbons (Fsp3) is 0.273. The maximum atomic E-state index is 14.8. The third-order valence-electron chi connectivity index (χ3n) is 10.8. The normalized spacial score (nSPS) is 14.9. The second kappa shape index (κ2) is 14.7. The van der Waals surface area contributed by atoms with Gasteiger partial charge >= 0.3 is 6.09 Å². The van der Waals surface area contributed by atoms with Crippen molar-refractivity contribution in [2.75, 3.05) is 32.6 Å². The molecule has 1 atom stereocenters. The van der Waals surface area contributed by atoms with E-state index in [4.69, 9.17) is 4.74 Å². The molecule has 0 radical (unpaired) electrons. The monoisotopic (exact) mass is 723 g/mol. The van der Waals surface area contributed by atoms with Crippen molar-refractivity contribution in [2.45, 2.75) is 45.8 Å². The van der Waals surface area contributed by atoms with Crippen LogP contribution in [0.4, 0.5) is 10.5 Å². The van der Waals surface area contributed by atoms with E-state index in [1.807, 2.05) is 78.0 Å². The van der Waals surface area contributed by atoms with Crippen molar-refractivity contribution in [2.24, 2.45) is 7.05 Å². The van der Waals surface area contributed by atoms with Crippen molar-refractivity contribution in [3.05, 3.63) is 142 Å². The number of hydrogen-bond acceptors (Lipinski definition) is 5. The van der Waals surface area contributed by atoms with Gasteiger partial charge in [0.15, 0.2) is 0 Å². The topological polar surface area (TPSA) is 95.4 Å². The first-order chi connectivity index (χ1) is 25.9. The summed E-state index contributed by atoms with van der Waals surface area (Å²) in [5.74, 6) is -0.151. The number of hydrogen-bond donors (Lipinski definition) is 0. The van der Waals surface area contributed by atoms with Crippen LogP contribution in [0.2, 0.25) is 0 Å². The average molecular weight is 724 g/mol. The third-order valence-corrected chi connectivity index (χ3v) is 10.8. The lowest BCUT2D eigenvalue weighted by Crippen LogP contribution is -2.43. The minimum atomic E-state index is -0.530. The van der Waals surface area contributed by atoms with Crippen molar-refractivity contribution < 1.29 is 23.9 Å². The number of rotatable bonds is 6. The molecule has 276 valence electrons. The van der Waals surface area contributed by atoms with E-state index in [2.05, 4.69) is 25.1 Å². The largest absolute Gasteiger partial charge is 0.415 e. The summed E-state index contributed by atoms with van der Waals surface area (Å²) >= 11 is 0. The summed E-state index contributed by atoms with van der Waals surface area (Å²) in [5.41, 5.74) is 8.83. The molecule has 0 bridgehead atoms. The van der Waals surface area contributed by atoms with Crippen molar-refractivity contribution in [3.8, 4) is 17.0 Å². The molecule has 4 amide bonds. The molecule has 54 heavy (non-hydrogen) atoms. The van der Waals surface area contributed by atoms with Gasteiger partial charge in [0.05, 0.1) is 5.56 Å². The first kappa shape index (κ1) is 36.2. The number of carbonyl (C=O) groups is 4. The SMILES string of the molecule is Cc1c(C(=O)N(C)c2ccccc2)cc(-c2cc3c(cc2C(=O)N2Cc4ccccc4C[C@H]2C)CN(C(=O)Oc2cccc(C(=O)N(C)C)c2)CC3)n1C. The van der Waals surface area contributed by atoms with E-state index in [9.17, 15) is 19.2 Å². The number of aromatic nitrogens is 1. The van der Waals surface area contributed by atoms with Crippen LogP contribution in [0.15, 0.2) is 97.1 Å². The Bertz CT molecular complexity index is 2280. The molecule has 0 spiro atoms. The van der Waals surface area contributed by atoms with Crippen molar-refractivity contribution in [1.29, 1.82) is 0 Å². The summed E-state index contributed by atoms with van der Waals surface area (Å²) in [5, 5.41) is 0. The Morgan fingerprint density at radius 1 is 0.741 bits per heavy atom. The maximum Gasteiger partial charge on any atom is 0.415 e. The molecule has 10 heteroatoms. The van der Waals surface area contributed by atoms with E-state index in [1.165, 1.54) is 10.5 Å². The van der Waals surface area contributed by atoms with E-state index < -0.39 is 6.09 Å². The first-order valence-electron chi connectivity index (χ1n) is 18.2. The van der Waals surface area contributed by atoms with E-state index in [1.54, 1.807) is 55.2 Å². The Morgan fingerprint density at radius 3 is 2.20 bits per heavy atom. The average Bonchev–Trinajstić information content (AvgIpc) is 3.48. The smallest absolute Gasteiger partial charge is 0.410 e. The molecule has 0 unspecified atom stereocenters. The molecule has 7 rings (SSSR count). The molecule has 3 heterocycles. The molecule has 2 aliphatic heterocycles. The summed E-state index contributed by atoms with van der Waals surface area (Å²) in [6.45, 7) is 5.15. The third kappa shape index (κ3) is 6.87. The Kier molecular flexibility index (Phi) is 9.85. The van der Waals surface area contributed by atoms with Gasteiger partial charge in [0.1, 0.15) is 5.75 Å². The molecule has 5 aromatic rings. The van der Waals surface area contributed by atoms with Crippen molar-refractivity contribution in [1.82, 2.24) is 19.3 Å². The van der Waals surface area contributed by atoms with Crippen LogP contribution in [-0.2, 0) is 33.0 Å². The maximum absolute atomic E-state index is 14.8. The fourth-order valence-corrected chi connectivity index (χ4v) is 7.50. The van der Waals surface area contributed by atoms with Gasteiger partial charge in [-0.3, -0.25) is 14.4 Å². The van der Waals surface area contributed by atoms with Crippen LogP contribution in [0.3, 0.4) is 0 Å². The van der Waals surface area contributed by atoms with Gasteiger partial charge in [0.25, 0.3) is 17.7 Å². The zero-order valence-electron chi connectivity index (χ0n) is 31.6. The van der Waals surface area contributed by atoms with Crippen LogP contribution < -0.4 is 9.64 Å². The molecule has 0 aliphatic carbocycles. The minimum absolute atomic E-state index is 0.0373. The first-order valence-corrected chi connectivity index (χ1v) is 18.2. The highest BCUT2D eigenvalue weighted by Gasteiger charge is 2.33. The summed E-state index contributed by atoms with van der Waals surface area (Å²) in [6.07, 6.45) is 0.763. The lowest BCUT2D eigenvalue weighted by atomic mass is 9.90. The molecular formula is C44H45N5O5. The number of amides is 4. The van der Waals surface area contributed by atoms with E-state index in [0.29, 0.717) is 36.2 Å². The van der Waals surface area contributed by atoms with E-state index in [-0.39, 0.29) is 36.1 Å². The number of anilines is 1. The molecule has 2 aliphatic rings. The quantitative estimate of drug-likeness (QED) is 0.186. The van der Waals surface area contributed by atoms with Crippen LogP contribution in [0.25, 0.3) is 11.3 Å². The second-order valence-corrected chi connectivity index (χ2v) is 14.5. The Balaban J connectivity index is 1.24. The molecule has 0 saturated carbocycles. The van der Waals surface area contributed by atoms with Gasteiger partial charge in [0.2, 0.25) is 0 Å². The van der Waals surface area contributed by atoms with Gasteiger partial charge < -0.3 is 28.9 Å².